The van der Waals surface area contributed by atoms with Crippen LogP contribution in [0.25, 0.3) is 11.3 Å². The van der Waals surface area contributed by atoms with E-state index in [9.17, 15) is 0 Å². The van der Waals surface area contributed by atoms with Gasteiger partial charge in [0.05, 0.1) is 44.3 Å². The Morgan fingerprint density at radius 2 is 1.86 bits per heavy atom. The Hall–Kier alpha value is -3.53. The fourth-order valence-corrected chi connectivity index (χ4v) is 4.54. The second kappa shape index (κ2) is 12.1. The number of anilines is 3. The van der Waals surface area contributed by atoms with Crippen LogP contribution in [0.15, 0.2) is 61.7 Å². The first-order valence-electron chi connectivity index (χ1n) is 11.5. The van der Waals surface area contributed by atoms with Crippen molar-refractivity contribution in [2.45, 2.75) is 18.5 Å². The van der Waals surface area contributed by atoms with Crippen molar-refractivity contribution in [3.8, 4) is 22.8 Å². The van der Waals surface area contributed by atoms with Crippen molar-refractivity contribution in [3.05, 3.63) is 71.8 Å². The average Bonchev–Trinajstić information content (AvgIpc) is 2.92. The van der Waals surface area contributed by atoms with E-state index < -0.39 is 0 Å². The molecule has 1 aliphatic rings. The first-order chi connectivity index (χ1) is 17.9. The molecule has 0 unspecified atom stereocenters. The smallest absolute Gasteiger partial charge is 0.143 e. The van der Waals surface area contributed by atoms with Crippen LogP contribution >= 0.6 is 23.2 Å². The molecule has 37 heavy (non-hydrogen) atoms. The summed E-state index contributed by atoms with van der Waals surface area (Å²) in [7, 11) is 3.04. The SMILES string of the molecule is C=CC(=C)N[C@H]1CCOC[C@H]1Nc1cc(-c2cccnc2Nc2c(Cl)c(OC)cc(OC)c2Cl)ncn1. The Kier molecular flexibility index (Phi) is 8.70. The quantitative estimate of drug-likeness (QED) is 0.288. The number of pyridine rings is 1. The lowest BCUT2D eigenvalue weighted by atomic mass is 10.0. The number of benzene rings is 1. The predicted octanol–water partition coefficient (Wildman–Crippen LogP) is 5.46. The molecule has 2 aromatic heterocycles. The Morgan fingerprint density at radius 1 is 1.11 bits per heavy atom. The van der Waals surface area contributed by atoms with E-state index in [-0.39, 0.29) is 12.1 Å². The van der Waals surface area contributed by atoms with Crippen LogP contribution in [0.1, 0.15) is 6.42 Å². The lowest BCUT2D eigenvalue weighted by Crippen LogP contribution is -2.49. The molecule has 0 amide bonds. The van der Waals surface area contributed by atoms with Crippen LogP contribution < -0.4 is 25.4 Å². The van der Waals surface area contributed by atoms with E-state index in [1.54, 1.807) is 18.3 Å². The van der Waals surface area contributed by atoms with E-state index in [1.807, 2.05) is 18.2 Å². The maximum atomic E-state index is 6.56. The number of hydrogen-bond donors (Lipinski definition) is 3. The molecule has 2 atom stereocenters. The van der Waals surface area contributed by atoms with Gasteiger partial charge in [0.25, 0.3) is 0 Å². The van der Waals surface area contributed by atoms with Crippen LogP contribution in [0.5, 0.6) is 11.5 Å². The van der Waals surface area contributed by atoms with Gasteiger partial charge in [-0.3, -0.25) is 0 Å². The van der Waals surface area contributed by atoms with Gasteiger partial charge in [-0.05, 0) is 24.6 Å². The maximum Gasteiger partial charge on any atom is 0.143 e. The van der Waals surface area contributed by atoms with E-state index in [0.29, 0.717) is 57.8 Å². The summed E-state index contributed by atoms with van der Waals surface area (Å²) in [5.74, 6) is 1.96. The normalized spacial score (nSPS) is 17.0. The summed E-state index contributed by atoms with van der Waals surface area (Å²) < 4.78 is 16.4. The van der Waals surface area contributed by atoms with E-state index in [0.717, 1.165) is 17.7 Å². The highest BCUT2D eigenvalue weighted by atomic mass is 35.5. The van der Waals surface area contributed by atoms with Gasteiger partial charge in [0.1, 0.15) is 39.5 Å². The van der Waals surface area contributed by atoms with Gasteiger partial charge in [-0.2, -0.15) is 0 Å². The first kappa shape index (κ1) is 26.5. The van der Waals surface area contributed by atoms with Crippen molar-refractivity contribution in [1.29, 1.82) is 0 Å². The van der Waals surface area contributed by atoms with Crippen LogP contribution in [0.2, 0.25) is 10.0 Å². The fourth-order valence-electron chi connectivity index (χ4n) is 3.95. The summed E-state index contributed by atoms with van der Waals surface area (Å²) in [5, 5.41) is 10.7. The van der Waals surface area contributed by atoms with Gasteiger partial charge >= 0.3 is 0 Å². The van der Waals surface area contributed by atoms with Gasteiger partial charge in [-0.1, -0.05) is 36.4 Å². The standard InChI is InChI=1S/C26H28Cl2N6O3/c1-5-15(2)32-17-8-10-37-13-19(17)33-22-11-18(30-14-31-22)16-7-6-9-29-26(16)34-25-23(27)20(35-3)12-21(36-4)24(25)28/h5-7,9,11-12,14,17,19,32H,1-2,8,10,13H2,3-4H3,(H,29,34)(H,30,31,33)/t17-,19+/m0/s1. The van der Waals surface area contributed by atoms with Crippen molar-refractivity contribution in [3.63, 3.8) is 0 Å². The molecule has 1 fully saturated rings. The van der Waals surface area contributed by atoms with E-state index in [1.165, 1.54) is 20.5 Å². The lowest BCUT2D eigenvalue weighted by molar-refractivity contribution is 0.0705. The molecule has 1 aromatic carbocycles. The molecule has 0 saturated carbocycles. The number of halogens is 2. The minimum atomic E-state index is -0.0263. The minimum absolute atomic E-state index is 0.0263. The lowest BCUT2D eigenvalue weighted by Gasteiger charge is -2.33. The molecule has 1 aliphatic heterocycles. The van der Waals surface area contributed by atoms with Gasteiger partial charge in [0.15, 0.2) is 0 Å². The highest BCUT2D eigenvalue weighted by Crippen LogP contribution is 2.45. The third-order valence-corrected chi connectivity index (χ3v) is 6.63. The van der Waals surface area contributed by atoms with Gasteiger partial charge in [0.2, 0.25) is 0 Å². The van der Waals surface area contributed by atoms with Gasteiger partial charge in [-0.15, -0.1) is 0 Å². The number of methoxy groups -OCH3 is 2. The summed E-state index contributed by atoms with van der Waals surface area (Å²) in [4.78, 5) is 13.4. The number of aromatic nitrogens is 3. The summed E-state index contributed by atoms with van der Waals surface area (Å²) >= 11 is 13.1. The maximum absolute atomic E-state index is 6.56. The summed E-state index contributed by atoms with van der Waals surface area (Å²) in [6.07, 6.45) is 5.68. The first-order valence-corrected chi connectivity index (χ1v) is 12.3. The van der Waals surface area contributed by atoms with Crippen molar-refractivity contribution < 1.29 is 14.2 Å². The van der Waals surface area contributed by atoms with Crippen LogP contribution in [0, 0.1) is 0 Å². The van der Waals surface area contributed by atoms with Crippen LogP contribution in [0.4, 0.5) is 17.3 Å². The molecular formula is C26H28Cl2N6O3. The zero-order valence-corrected chi connectivity index (χ0v) is 22.1. The predicted molar refractivity (Wildman–Crippen MR) is 147 cm³/mol. The molecular weight excluding hydrogens is 515 g/mol. The monoisotopic (exact) mass is 542 g/mol. The second-order valence-electron chi connectivity index (χ2n) is 8.19. The third kappa shape index (κ3) is 6.07. The van der Waals surface area contributed by atoms with Crippen LogP contribution in [0.3, 0.4) is 0 Å². The van der Waals surface area contributed by atoms with E-state index in [4.69, 9.17) is 37.4 Å². The Bertz CT molecular complexity index is 1260. The summed E-state index contributed by atoms with van der Waals surface area (Å²) in [5.41, 5.74) is 2.53. The average molecular weight is 543 g/mol. The molecule has 1 saturated heterocycles. The van der Waals surface area contributed by atoms with Crippen LogP contribution in [-0.2, 0) is 4.74 Å². The highest BCUT2D eigenvalue weighted by molar-refractivity contribution is 6.41. The molecule has 11 heteroatoms. The number of nitrogens with zero attached hydrogens (tertiary/aromatic N) is 3. The molecule has 0 radical (unpaired) electrons. The molecule has 3 aromatic rings. The number of ether oxygens (including phenoxy) is 3. The topological polar surface area (TPSA) is 102 Å². The highest BCUT2D eigenvalue weighted by Gasteiger charge is 2.26. The van der Waals surface area contributed by atoms with Crippen molar-refractivity contribution in [1.82, 2.24) is 20.3 Å². The van der Waals surface area contributed by atoms with Crippen molar-refractivity contribution in [2.24, 2.45) is 0 Å². The number of rotatable bonds is 10. The number of allylic oxidation sites excluding steroid dienone is 1. The summed E-state index contributed by atoms with van der Waals surface area (Å²) in [6.45, 7) is 8.93. The molecule has 3 heterocycles. The minimum Gasteiger partial charge on any atom is -0.495 e. The molecule has 194 valence electrons. The van der Waals surface area contributed by atoms with Gasteiger partial charge in [0, 0.05) is 36.2 Å². The molecule has 0 aliphatic carbocycles. The molecule has 9 nitrogen and oxygen atoms in total. The van der Waals surface area contributed by atoms with Crippen LogP contribution in [-0.4, -0.2) is 54.5 Å². The second-order valence-corrected chi connectivity index (χ2v) is 8.95. The fraction of sp³-hybridized carbons (Fsp3) is 0.269. The third-order valence-electron chi connectivity index (χ3n) is 5.87. The van der Waals surface area contributed by atoms with Crippen molar-refractivity contribution >= 4 is 40.5 Å². The number of nitrogens with one attached hydrogen (secondary N) is 3. The zero-order chi connectivity index (χ0) is 26.4. The van der Waals surface area contributed by atoms with E-state index >= 15 is 0 Å². The Labute approximate surface area is 225 Å². The Balaban J connectivity index is 1.63. The number of hydrogen-bond acceptors (Lipinski definition) is 9. The van der Waals surface area contributed by atoms with Gasteiger partial charge < -0.3 is 30.2 Å². The zero-order valence-electron chi connectivity index (χ0n) is 20.6. The van der Waals surface area contributed by atoms with Crippen molar-refractivity contribution in [2.75, 3.05) is 38.1 Å². The molecule has 4 rings (SSSR count). The molecule has 0 bridgehead atoms. The largest absolute Gasteiger partial charge is 0.495 e. The molecule has 0 spiro atoms. The summed E-state index contributed by atoms with van der Waals surface area (Å²) in [6, 6.07) is 7.27. The molecule has 3 N–H and O–H groups in total. The van der Waals surface area contributed by atoms with Gasteiger partial charge in [-0.25, -0.2) is 15.0 Å². The van der Waals surface area contributed by atoms with E-state index in [2.05, 4.69) is 44.1 Å². The Morgan fingerprint density at radius 3 is 2.57 bits per heavy atom.